The molecule has 4 rings (SSSR count). The van der Waals surface area contributed by atoms with Crippen molar-refractivity contribution in [1.82, 2.24) is 9.88 Å². The minimum Gasteiger partial charge on any atom is -0.444 e. The third-order valence-electron chi connectivity index (χ3n) is 5.47. The van der Waals surface area contributed by atoms with Crippen molar-refractivity contribution in [3.8, 4) is 0 Å². The highest BCUT2D eigenvalue weighted by molar-refractivity contribution is 6.03. The Bertz CT molecular complexity index is 1090. The molecule has 1 saturated heterocycles. The molecule has 2 heterocycles. The molecule has 0 bridgehead atoms. The number of hydrogen-bond acceptors (Lipinski definition) is 4. The number of rotatable bonds is 3. The van der Waals surface area contributed by atoms with Crippen LogP contribution in [0.2, 0.25) is 0 Å². The molecule has 2 aromatic carbocycles. The lowest BCUT2D eigenvalue weighted by Crippen LogP contribution is -2.36. The molecule has 1 fully saturated rings. The third-order valence-corrected chi connectivity index (χ3v) is 5.47. The van der Waals surface area contributed by atoms with Gasteiger partial charge in [0.25, 0.3) is 0 Å². The van der Waals surface area contributed by atoms with Gasteiger partial charge in [-0.25, -0.2) is 4.79 Å². The van der Waals surface area contributed by atoms with E-state index in [9.17, 15) is 9.59 Å². The van der Waals surface area contributed by atoms with Crippen LogP contribution in [0.4, 0.5) is 10.5 Å². The van der Waals surface area contributed by atoms with Gasteiger partial charge in [-0.15, -0.1) is 0 Å². The van der Waals surface area contributed by atoms with Gasteiger partial charge in [0.2, 0.25) is 5.91 Å². The van der Waals surface area contributed by atoms with E-state index in [1.165, 1.54) is 0 Å². The van der Waals surface area contributed by atoms with Gasteiger partial charge in [-0.2, -0.15) is 0 Å². The highest BCUT2D eigenvalue weighted by Crippen LogP contribution is 2.35. The topological polar surface area (TPSA) is 71.5 Å². The van der Waals surface area contributed by atoms with Crippen LogP contribution >= 0.6 is 0 Å². The van der Waals surface area contributed by atoms with E-state index in [0.29, 0.717) is 13.1 Å². The number of fused-ring (bicyclic) bond motifs is 1. The molecule has 0 saturated carbocycles. The average Bonchev–Trinajstić information content (AvgIpc) is 3.19. The molecular weight excluding hydrogens is 390 g/mol. The summed E-state index contributed by atoms with van der Waals surface area (Å²) >= 11 is 0. The van der Waals surface area contributed by atoms with Gasteiger partial charge in [-0.05, 0) is 38.5 Å². The number of anilines is 1. The van der Waals surface area contributed by atoms with Crippen LogP contribution in [0, 0.1) is 5.92 Å². The monoisotopic (exact) mass is 417 g/mol. The SMILES string of the molecule is CC(C)(C)OC(=O)N1CC(C(=O)Nc2cccc3cnccc23)C(c2ccccc2)C1. The molecule has 1 aliphatic heterocycles. The van der Waals surface area contributed by atoms with E-state index < -0.39 is 5.60 Å². The number of aromatic nitrogens is 1. The van der Waals surface area contributed by atoms with Crippen molar-refractivity contribution in [2.45, 2.75) is 32.3 Å². The molecule has 3 aromatic rings. The molecule has 2 amide bonds. The van der Waals surface area contributed by atoms with Gasteiger partial charge in [0.1, 0.15) is 5.60 Å². The van der Waals surface area contributed by atoms with E-state index in [1.807, 2.05) is 75.4 Å². The zero-order chi connectivity index (χ0) is 22.0. The molecule has 0 aliphatic carbocycles. The maximum absolute atomic E-state index is 13.4. The summed E-state index contributed by atoms with van der Waals surface area (Å²) in [7, 11) is 0. The Morgan fingerprint density at radius 3 is 2.55 bits per heavy atom. The van der Waals surface area contributed by atoms with Crippen molar-refractivity contribution in [3.05, 3.63) is 72.6 Å². The summed E-state index contributed by atoms with van der Waals surface area (Å²) in [5.74, 6) is -0.596. The van der Waals surface area contributed by atoms with Crippen LogP contribution in [0.1, 0.15) is 32.3 Å². The van der Waals surface area contributed by atoms with Crippen molar-refractivity contribution in [3.63, 3.8) is 0 Å². The first-order valence-electron chi connectivity index (χ1n) is 10.5. The van der Waals surface area contributed by atoms with E-state index >= 15 is 0 Å². The Morgan fingerprint density at radius 2 is 1.81 bits per heavy atom. The number of ether oxygens (including phenoxy) is 1. The first-order chi connectivity index (χ1) is 14.8. The third kappa shape index (κ3) is 4.68. The van der Waals surface area contributed by atoms with Gasteiger partial charge in [0.15, 0.2) is 0 Å². The molecule has 1 aromatic heterocycles. The molecule has 0 spiro atoms. The standard InChI is InChI=1S/C25H27N3O3/c1-25(2,3)31-24(30)28-15-20(17-8-5-4-6-9-17)21(16-28)23(29)27-22-11-7-10-18-14-26-13-12-19(18)22/h4-14,20-21H,15-16H2,1-3H3,(H,27,29). The fourth-order valence-corrected chi connectivity index (χ4v) is 4.04. The van der Waals surface area contributed by atoms with Gasteiger partial charge in [0, 0.05) is 47.9 Å². The second-order valence-corrected chi connectivity index (χ2v) is 8.90. The lowest BCUT2D eigenvalue weighted by atomic mass is 9.88. The molecule has 1 N–H and O–H groups in total. The van der Waals surface area contributed by atoms with Crippen LogP contribution in [0.5, 0.6) is 0 Å². The van der Waals surface area contributed by atoms with E-state index in [2.05, 4.69) is 10.3 Å². The predicted octanol–water partition coefficient (Wildman–Crippen LogP) is 4.82. The Balaban J connectivity index is 1.60. The molecule has 31 heavy (non-hydrogen) atoms. The number of benzene rings is 2. The number of carbonyl (C=O) groups is 2. The van der Waals surface area contributed by atoms with Gasteiger partial charge in [-0.1, -0.05) is 42.5 Å². The summed E-state index contributed by atoms with van der Waals surface area (Å²) in [6.07, 6.45) is 3.10. The summed E-state index contributed by atoms with van der Waals surface area (Å²) < 4.78 is 5.56. The molecule has 2 unspecified atom stereocenters. The molecular formula is C25H27N3O3. The summed E-state index contributed by atoms with van der Waals surface area (Å²) in [5.41, 5.74) is 1.19. The van der Waals surface area contributed by atoms with Crippen molar-refractivity contribution in [1.29, 1.82) is 0 Å². The Labute approximate surface area is 182 Å². The maximum atomic E-state index is 13.4. The fourth-order valence-electron chi connectivity index (χ4n) is 4.04. The van der Waals surface area contributed by atoms with Crippen LogP contribution in [-0.2, 0) is 9.53 Å². The maximum Gasteiger partial charge on any atom is 0.410 e. The first-order valence-corrected chi connectivity index (χ1v) is 10.5. The molecule has 0 radical (unpaired) electrons. The van der Waals surface area contributed by atoms with Crippen LogP contribution in [-0.4, -0.2) is 40.6 Å². The van der Waals surface area contributed by atoms with Crippen molar-refractivity contribution >= 4 is 28.5 Å². The van der Waals surface area contributed by atoms with Crippen LogP contribution < -0.4 is 5.32 Å². The van der Waals surface area contributed by atoms with Gasteiger partial charge < -0.3 is 15.0 Å². The van der Waals surface area contributed by atoms with E-state index in [4.69, 9.17) is 4.74 Å². The second kappa shape index (κ2) is 8.38. The molecule has 6 nitrogen and oxygen atoms in total. The lowest BCUT2D eigenvalue weighted by Gasteiger charge is -2.24. The molecule has 2 atom stereocenters. The van der Waals surface area contributed by atoms with E-state index in [-0.39, 0.29) is 23.8 Å². The minimum atomic E-state index is -0.587. The number of amides is 2. The van der Waals surface area contributed by atoms with Gasteiger partial charge in [-0.3, -0.25) is 9.78 Å². The normalized spacial score (nSPS) is 18.7. The summed E-state index contributed by atoms with van der Waals surface area (Å²) in [6, 6.07) is 17.5. The van der Waals surface area contributed by atoms with E-state index in [1.54, 1.807) is 17.3 Å². The van der Waals surface area contributed by atoms with Crippen LogP contribution in [0.25, 0.3) is 10.8 Å². The molecule has 1 aliphatic rings. The molecule has 6 heteroatoms. The second-order valence-electron chi connectivity index (χ2n) is 8.90. The minimum absolute atomic E-state index is 0.106. The summed E-state index contributed by atoms with van der Waals surface area (Å²) in [4.78, 5) is 31.9. The number of carbonyl (C=O) groups excluding carboxylic acids is 2. The predicted molar refractivity (Wildman–Crippen MR) is 121 cm³/mol. The van der Waals surface area contributed by atoms with Gasteiger partial charge in [0.05, 0.1) is 5.92 Å². The Morgan fingerprint density at radius 1 is 1.03 bits per heavy atom. The van der Waals surface area contributed by atoms with Crippen molar-refractivity contribution < 1.29 is 14.3 Å². The number of likely N-dealkylation sites (tertiary alicyclic amines) is 1. The highest BCUT2D eigenvalue weighted by Gasteiger charge is 2.41. The first kappa shape index (κ1) is 20.8. The summed E-state index contributed by atoms with van der Waals surface area (Å²) in [6.45, 7) is 6.28. The Kier molecular flexibility index (Phi) is 5.63. The fraction of sp³-hybridized carbons (Fsp3) is 0.320. The van der Waals surface area contributed by atoms with E-state index in [0.717, 1.165) is 22.0 Å². The van der Waals surface area contributed by atoms with Crippen molar-refractivity contribution in [2.75, 3.05) is 18.4 Å². The summed E-state index contributed by atoms with van der Waals surface area (Å²) in [5, 5.41) is 4.98. The number of nitrogens with one attached hydrogen (secondary N) is 1. The lowest BCUT2D eigenvalue weighted by molar-refractivity contribution is -0.119. The number of nitrogens with zero attached hydrogens (tertiary/aromatic N) is 2. The quantitative estimate of drug-likeness (QED) is 0.663. The number of pyridine rings is 1. The largest absolute Gasteiger partial charge is 0.444 e. The smallest absolute Gasteiger partial charge is 0.410 e. The van der Waals surface area contributed by atoms with Crippen LogP contribution in [0.15, 0.2) is 67.0 Å². The molecule has 160 valence electrons. The zero-order valence-electron chi connectivity index (χ0n) is 18.0. The van der Waals surface area contributed by atoms with Crippen molar-refractivity contribution in [2.24, 2.45) is 5.92 Å². The zero-order valence-corrected chi connectivity index (χ0v) is 18.0. The number of hydrogen-bond donors (Lipinski definition) is 1. The average molecular weight is 418 g/mol. The highest BCUT2D eigenvalue weighted by atomic mass is 16.6. The van der Waals surface area contributed by atoms with Crippen LogP contribution in [0.3, 0.4) is 0 Å². The Hall–Kier alpha value is -3.41. The van der Waals surface area contributed by atoms with Gasteiger partial charge >= 0.3 is 6.09 Å².